The van der Waals surface area contributed by atoms with Gasteiger partial charge in [0, 0.05) is 11.8 Å². The molecule has 3 nitrogen and oxygen atoms in total. The molecule has 0 amide bonds. The zero-order valence-corrected chi connectivity index (χ0v) is 5.56. The minimum atomic E-state index is -0.00926. The van der Waals surface area contributed by atoms with Gasteiger partial charge in [-0.15, -0.1) is 0 Å². The van der Waals surface area contributed by atoms with Crippen molar-refractivity contribution in [2.75, 3.05) is 0 Å². The van der Waals surface area contributed by atoms with E-state index in [9.17, 15) is 4.79 Å². The van der Waals surface area contributed by atoms with Gasteiger partial charge in [-0.05, 0) is 5.92 Å². The maximum atomic E-state index is 10.8. The monoisotopic (exact) mass is 126 g/mol. The number of hydrogen-bond donors (Lipinski definition) is 2. The fourth-order valence-electron chi connectivity index (χ4n) is 0.746. The van der Waals surface area contributed by atoms with Crippen LogP contribution >= 0.6 is 0 Å². The highest BCUT2D eigenvalue weighted by molar-refractivity contribution is 5.07. The maximum absolute atomic E-state index is 10.8. The quantitative estimate of drug-likeness (QED) is 0.575. The molecule has 0 atom stereocenters. The van der Waals surface area contributed by atoms with Crippen molar-refractivity contribution in [3.05, 3.63) is 22.1 Å². The van der Waals surface area contributed by atoms with E-state index in [0.29, 0.717) is 5.92 Å². The summed E-state index contributed by atoms with van der Waals surface area (Å²) in [4.78, 5) is 10.8. The summed E-state index contributed by atoms with van der Waals surface area (Å²) in [5.74, 6) is 0.306. The molecule has 0 aliphatic carbocycles. The molecule has 2 N–H and O–H groups in total. The van der Waals surface area contributed by atoms with Crippen molar-refractivity contribution in [3.8, 4) is 0 Å². The lowest BCUT2D eigenvalue weighted by Crippen LogP contribution is -2.06. The molecule has 1 aromatic rings. The molecular weight excluding hydrogens is 116 g/mol. The van der Waals surface area contributed by atoms with E-state index in [1.165, 1.54) is 0 Å². The van der Waals surface area contributed by atoms with Gasteiger partial charge >= 0.3 is 0 Å². The summed E-state index contributed by atoms with van der Waals surface area (Å²) >= 11 is 0. The number of aromatic nitrogens is 2. The molecule has 3 heteroatoms. The van der Waals surface area contributed by atoms with Crippen LogP contribution in [0.3, 0.4) is 0 Å². The van der Waals surface area contributed by atoms with Gasteiger partial charge < -0.3 is 5.10 Å². The third-order valence-electron chi connectivity index (χ3n) is 1.30. The molecule has 0 aliphatic rings. The molecule has 0 radical (unpaired) electrons. The largest absolute Gasteiger partial charge is 0.305 e. The van der Waals surface area contributed by atoms with E-state index < -0.39 is 0 Å². The number of hydrogen-bond acceptors (Lipinski definition) is 1. The van der Waals surface area contributed by atoms with Crippen molar-refractivity contribution in [2.45, 2.75) is 19.8 Å². The van der Waals surface area contributed by atoms with E-state index in [2.05, 4.69) is 10.2 Å². The Kier molecular flexibility index (Phi) is 1.42. The van der Waals surface area contributed by atoms with Gasteiger partial charge in [0.15, 0.2) is 0 Å². The van der Waals surface area contributed by atoms with Crippen LogP contribution in [0.4, 0.5) is 0 Å². The van der Waals surface area contributed by atoms with Crippen LogP contribution in [0.1, 0.15) is 25.3 Å². The summed E-state index contributed by atoms with van der Waals surface area (Å²) in [6.45, 7) is 3.97. The van der Waals surface area contributed by atoms with Gasteiger partial charge in [0.25, 0.3) is 5.56 Å². The van der Waals surface area contributed by atoms with Gasteiger partial charge in [0.1, 0.15) is 0 Å². The summed E-state index contributed by atoms with van der Waals surface area (Å²) in [6.07, 6.45) is 1.70. The number of nitrogens with one attached hydrogen (secondary N) is 2. The lowest BCUT2D eigenvalue weighted by atomic mass is 10.1. The Bertz CT molecular complexity index is 233. The Morgan fingerprint density at radius 1 is 1.56 bits per heavy atom. The third kappa shape index (κ3) is 1.04. The molecule has 50 valence electrons. The standard InChI is InChI=1S/C6H10N2O/c1-4(2)5-3-7-8-6(5)9/h3-4H,1-2H3,(H2,7,8,9). The van der Waals surface area contributed by atoms with Crippen LogP contribution in [0.15, 0.2) is 11.0 Å². The van der Waals surface area contributed by atoms with Crippen LogP contribution in [0.5, 0.6) is 0 Å². The van der Waals surface area contributed by atoms with Crippen molar-refractivity contribution >= 4 is 0 Å². The maximum Gasteiger partial charge on any atom is 0.267 e. The second-order valence-corrected chi connectivity index (χ2v) is 2.35. The van der Waals surface area contributed by atoms with Crippen molar-refractivity contribution in [1.29, 1.82) is 0 Å². The van der Waals surface area contributed by atoms with Crippen LogP contribution in [-0.4, -0.2) is 10.2 Å². The van der Waals surface area contributed by atoms with Crippen LogP contribution in [0.2, 0.25) is 0 Å². The van der Waals surface area contributed by atoms with Crippen LogP contribution in [-0.2, 0) is 0 Å². The molecule has 0 aromatic carbocycles. The highest BCUT2D eigenvalue weighted by Gasteiger charge is 2.02. The lowest BCUT2D eigenvalue weighted by molar-refractivity contribution is 0.858. The smallest absolute Gasteiger partial charge is 0.267 e. The second kappa shape index (κ2) is 2.09. The summed E-state index contributed by atoms with van der Waals surface area (Å²) in [7, 11) is 0. The molecule has 0 saturated carbocycles. The summed E-state index contributed by atoms with van der Waals surface area (Å²) in [6, 6.07) is 0. The Morgan fingerprint density at radius 2 is 2.22 bits per heavy atom. The van der Waals surface area contributed by atoms with Gasteiger partial charge in [0.05, 0.1) is 0 Å². The predicted molar refractivity (Wildman–Crippen MR) is 35.5 cm³/mol. The first-order valence-electron chi connectivity index (χ1n) is 2.97. The summed E-state index contributed by atoms with van der Waals surface area (Å²) in [5, 5.41) is 5.11. The zero-order valence-electron chi connectivity index (χ0n) is 5.56. The molecule has 0 unspecified atom stereocenters. The van der Waals surface area contributed by atoms with Crippen LogP contribution < -0.4 is 5.56 Å². The molecule has 0 spiro atoms. The van der Waals surface area contributed by atoms with Gasteiger partial charge in [-0.25, -0.2) is 0 Å². The first-order chi connectivity index (χ1) is 4.22. The Labute approximate surface area is 53.1 Å². The van der Waals surface area contributed by atoms with Crippen molar-refractivity contribution in [1.82, 2.24) is 10.2 Å². The van der Waals surface area contributed by atoms with E-state index in [-0.39, 0.29) is 5.56 Å². The lowest BCUT2D eigenvalue weighted by Gasteiger charge is -1.93. The van der Waals surface area contributed by atoms with E-state index >= 15 is 0 Å². The minimum absolute atomic E-state index is 0.00926. The topological polar surface area (TPSA) is 48.6 Å². The fraction of sp³-hybridized carbons (Fsp3) is 0.500. The normalized spacial score (nSPS) is 10.6. The molecule has 0 bridgehead atoms. The average Bonchev–Trinajstić information content (AvgIpc) is 2.13. The Morgan fingerprint density at radius 3 is 2.44 bits per heavy atom. The highest BCUT2D eigenvalue weighted by atomic mass is 16.1. The molecule has 1 aromatic heterocycles. The Balaban J connectivity index is 3.08. The van der Waals surface area contributed by atoms with Gasteiger partial charge in [-0.1, -0.05) is 13.8 Å². The average molecular weight is 126 g/mol. The van der Waals surface area contributed by atoms with Gasteiger partial charge in [0.2, 0.25) is 0 Å². The first-order valence-corrected chi connectivity index (χ1v) is 2.97. The fourth-order valence-corrected chi connectivity index (χ4v) is 0.746. The molecule has 9 heavy (non-hydrogen) atoms. The zero-order chi connectivity index (χ0) is 6.85. The molecular formula is C6H10N2O. The van der Waals surface area contributed by atoms with Gasteiger partial charge in [-0.3, -0.25) is 9.89 Å². The molecule has 0 aliphatic heterocycles. The SMILES string of the molecule is CC(C)c1c[nH][nH]c1=O. The van der Waals surface area contributed by atoms with E-state index in [1.807, 2.05) is 13.8 Å². The first kappa shape index (κ1) is 6.13. The number of aromatic amines is 2. The second-order valence-electron chi connectivity index (χ2n) is 2.35. The number of H-pyrrole nitrogens is 2. The highest BCUT2D eigenvalue weighted by Crippen LogP contribution is 2.05. The molecule has 0 fully saturated rings. The van der Waals surface area contributed by atoms with E-state index in [0.717, 1.165) is 5.56 Å². The predicted octanol–water partition coefficient (Wildman–Crippen LogP) is 0.826. The van der Waals surface area contributed by atoms with Crippen molar-refractivity contribution < 1.29 is 0 Å². The van der Waals surface area contributed by atoms with Crippen molar-refractivity contribution in [3.63, 3.8) is 0 Å². The summed E-state index contributed by atoms with van der Waals surface area (Å²) in [5.41, 5.74) is 0.806. The minimum Gasteiger partial charge on any atom is -0.305 e. The molecule has 1 heterocycles. The van der Waals surface area contributed by atoms with E-state index in [4.69, 9.17) is 0 Å². The van der Waals surface area contributed by atoms with Crippen LogP contribution in [0.25, 0.3) is 0 Å². The third-order valence-corrected chi connectivity index (χ3v) is 1.30. The number of rotatable bonds is 1. The van der Waals surface area contributed by atoms with Crippen LogP contribution in [0, 0.1) is 0 Å². The molecule has 0 saturated heterocycles. The van der Waals surface area contributed by atoms with E-state index in [1.54, 1.807) is 6.20 Å². The summed E-state index contributed by atoms with van der Waals surface area (Å²) < 4.78 is 0. The van der Waals surface area contributed by atoms with Crippen molar-refractivity contribution in [2.24, 2.45) is 0 Å². The molecule has 1 rings (SSSR count). The Hall–Kier alpha value is -0.990. The van der Waals surface area contributed by atoms with Gasteiger partial charge in [-0.2, -0.15) is 0 Å².